The van der Waals surface area contributed by atoms with Gasteiger partial charge in [0, 0.05) is 0 Å². The Hall–Kier alpha value is 0.0600. The van der Waals surface area contributed by atoms with E-state index in [1.54, 1.807) is 0 Å². The third-order valence-corrected chi connectivity index (χ3v) is 4.41. The molecule has 1 aliphatic carbocycles. The molecule has 0 spiro atoms. The van der Waals surface area contributed by atoms with Crippen LogP contribution < -0.4 is 0 Å². The number of rotatable bonds is 5. The highest BCUT2D eigenvalue weighted by molar-refractivity contribution is 7.46. The van der Waals surface area contributed by atoms with Crippen LogP contribution in [0, 0.1) is 0 Å². The molecule has 0 aliphatic heterocycles. The molecule has 14 heteroatoms. The van der Waals surface area contributed by atoms with Crippen molar-refractivity contribution >= 4 is 15.6 Å². The minimum Gasteiger partial charge on any atom is -0.387 e. The van der Waals surface area contributed by atoms with Crippen molar-refractivity contribution in [2.24, 2.45) is 0 Å². The molecule has 132 valence electrons. The fourth-order valence-corrected chi connectivity index (χ4v) is 3.48. The molecular formula is C8H18O12P2. The second kappa shape index (κ2) is 6.52. The third-order valence-electron chi connectivity index (χ3n) is 3.39. The van der Waals surface area contributed by atoms with E-state index in [9.17, 15) is 29.6 Å². The van der Waals surface area contributed by atoms with Gasteiger partial charge in [0.1, 0.15) is 36.1 Å². The Bertz CT molecular complexity index is 486. The van der Waals surface area contributed by atoms with E-state index in [1.165, 1.54) is 6.92 Å². The molecule has 0 bridgehead atoms. The number of phosphoric ester groups is 2. The van der Waals surface area contributed by atoms with Crippen molar-refractivity contribution in [2.75, 3.05) is 0 Å². The molecule has 0 aromatic carbocycles. The van der Waals surface area contributed by atoms with Crippen LogP contribution in [0.15, 0.2) is 0 Å². The Morgan fingerprint density at radius 1 is 0.955 bits per heavy atom. The lowest BCUT2D eigenvalue weighted by Gasteiger charge is -2.49. The predicted molar refractivity (Wildman–Crippen MR) is 67.1 cm³/mol. The van der Waals surface area contributed by atoms with Crippen LogP contribution in [0.2, 0.25) is 0 Å². The summed E-state index contributed by atoms with van der Waals surface area (Å²) in [7, 11) is -10.5. The molecule has 0 unspecified atom stereocenters. The molecule has 6 atom stereocenters. The Kier molecular flexibility index (Phi) is 5.96. The molecule has 1 rings (SSSR count). The van der Waals surface area contributed by atoms with E-state index in [4.69, 9.17) is 19.6 Å². The van der Waals surface area contributed by atoms with Gasteiger partial charge in [-0.1, -0.05) is 6.92 Å². The number of aliphatic hydroxyl groups is 4. The zero-order chi connectivity index (χ0) is 17.5. The fourth-order valence-electron chi connectivity index (χ4n) is 2.31. The molecule has 0 aromatic heterocycles. The van der Waals surface area contributed by atoms with Gasteiger partial charge < -0.3 is 40.0 Å². The number of phosphoric acid groups is 2. The van der Waals surface area contributed by atoms with Crippen molar-refractivity contribution in [2.45, 2.75) is 49.5 Å². The van der Waals surface area contributed by atoms with E-state index in [-0.39, 0.29) is 0 Å². The smallest absolute Gasteiger partial charge is 0.387 e. The van der Waals surface area contributed by atoms with Crippen LogP contribution in [-0.2, 0) is 18.2 Å². The molecule has 0 saturated heterocycles. The first-order valence-electron chi connectivity index (χ1n) is 5.97. The van der Waals surface area contributed by atoms with Crippen molar-refractivity contribution in [3.63, 3.8) is 0 Å². The average molecular weight is 368 g/mol. The highest BCUT2D eigenvalue weighted by Gasteiger charge is 2.61. The quantitative estimate of drug-likeness (QED) is 0.231. The summed E-state index contributed by atoms with van der Waals surface area (Å²) in [5, 5.41) is 39.8. The highest BCUT2D eigenvalue weighted by Crippen LogP contribution is 2.48. The van der Waals surface area contributed by atoms with E-state index in [0.29, 0.717) is 0 Å². The lowest BCUT2D eigenvalue weighted by atomic mass is 9.73. The third kappa shape index (κ3) is 4.32. The van der Waals surface area contributed by atoms with Gasteiger partial charge in [-0.05, 0) is 6.42 Å². The maximum atomic E-state index is 10.9. The molecule has 1 fully saturated rings. The van der Waals surface area contributed by atoms with Crippen LogP contribution in [0.3, 0.4) is 0 Å². The van der Waals surface area contributed by atoms with Gasteiger partial charge in [-0.25, -0.2) is 9.13 Å². The van der Waals surface area contributed by atoms with Gasteiger partial charge in [0.25, 0.3) is 0 Å². The van der Waals surface area contributed by atoms with Crippen LogP contribution in [-0.4, -0.2) is 76.1 Å². The highest BCUT2D eigenvalue weighted by atomic mass is 31.2. The zero-order valence-corrected chi connectivity index (χ0v) is 13.0. The van der Waals surface area contributed by atoms with Gasteiger partial charge in [0.05, 0.1) is 0 Å². The second-order valence-corrected chi connectivity index (χ2v) is 7.23. The number of hydrogen-bond acceptors (Lipinski definition) is 8. The van der Waals surface area contributed by atoms with Gasteiger partial charge in [0.15, 0.2) is 0 Å². The molecule has 1 saturated carbocycles. The average Bonchev–Trinajstić information content (AvgIpc) is 2.35. The van der Waals surface area contributed by atoms with Crippen LogP contribution in [0.1, 0.15) is 13.3 Å². The number of hydrogen-bond donors (Lipinski definition) is 8. The molecule has 0 amide bonds. The Morgan fingerprint density at radius 2 is 1.41 bits per heavy atom. The summed E-state index contributed by atoms with van der Waals surface area (Å²) in [5.41, 5.74) is -2.49. The topological polar surface area (TPSA) is 214 Å². The molecule has 0 radical (unpaired) electrons. The van der Waals surface area contributed by atoms with Crippen molar-refractivity contribution in [3.05, 3.63) is 0 Å². The van der Waals surface area contributed by atoms with E-state index in [0.717, 1.165) is 0 Å². The standard InChI is InChI=1S/C8H18O12P2/c1-2-8(12)6(11)3(9)5(19-21(13,14)15)4(10)7(8)20-22(16,17)18/h3-7,9-12H,2H2,1H3,(H2,13,14,15)(H2,16,17,18)/t3-,4-,5+,6-,7+,8+/m0/s1. The van der Waals surface area contributed by atoms with Crippen LogP contribution in [0.5, 0.6) is 0 Å². The second-order valence-electron chi connectivity index (χ2n) is 4.85. The van der Waals surface area contributed by atoms with Crippen molar-refractivity contribution in [1.82, 2.24) is 0 Å². The SMILES string of the molecule is CC[C@]1(O)[C@H](OP(=O)(O)O)[C@@H](O)[C@H](OP(=O)(O)O)[C@H](O)[C@@H]1O. The monoisotopic (exact) mass is 368 g/mol. The van der Waals surface area contributed by atoms with Crippen LogP contribution in [0.25, 0.3) is 0 Å². The van der Waals surface area contributed by atoms with Gasteiger partial charge >= 0.3 is 15.6 Å². The Balaban J connectivity index is 3.24. The minimum absolute atomic E-state index is 0.407. The van der Waals surface area contributed by atoms with Gasteiger partial charge in [-0.2, -0.15) is 0 Å². The largest absolute Gasteiger partial charge is 0.470 e. The van der Waals surface area contributed by atoms with E-state index < -0.39 is 58.2 Å². The predicted octanol–water partition coefficient (Wildman–Crippen LogP) is -2.82. The van der Waals surface area contributed by atoms with Gasteiger partial charge in [-0.3, -0.25) is 9.05 Å². The van der Waals surface area contributed by atoms with Gasteiger partial charge in [0.2, 0.25) is 0 Å². The molecule has 8 N–H and O–H groups in total. The molecule has 22 heavy (non-hydrogen) atoms. The zero-order valence-electron chi connectivity index (χ0n) is 11.2. The summed E-state index contributed by atoms with van der Waals surface area (Å²) in [6.07, 6.45) is -11.3. The summed E-state index contributed by atoms with van der Waals surface area (Å²) in [6.45, 7) is 1.27. The first-order chi connectivity index (χ1) is 9.73. The van der Waals surface area contributed by atoms with Crippen LogP contribution in [0.4, 0.5) is 0 Å². The summed E-state index contributed by atoms with van der Waals surface area (Å²) in [6, 6.07) is 0. The van der Waals surface area contributed by atoms with Crippen molar-refractivity contribution in [3.8, 4) is 0 Å². The molecule has 12 nitrogen and oxygen atoms in total. The van der Waals surface area contributed by atoms with E-state index in [1.807, 2.05) is 0 Å². The lowest BCUT2D eigenvalue weighted by Crippen LogP contribution is -2.71. The van der Waals surface area contributed by atoms with Crippen molar-refractivity contribution < 1.29 is 58.2 Å². The number of aliphatic hydroxyl groups excluding tert-OH is 3. The molecule has 0 aromatic rings. The summed E-state index contributed by atoms with van der Waals surface area (Å²) >= 11 is 0. The molecule has 0 heterocycles. The maximum absolute atomic E-state index is 10.9. The van der Waals surface area contributed by atoms with E-state index in [2.05, 4.69) is 9.05 Å². The maximum Gasteiger partial charge on any atom is 0.470 e. The van der Waals surface area contributed by atoms with Crippen LogP contribution >= 0.6 is 15.6 Å². The fraction of sp³-hybridized carbons (Fsp3) is 1.00. The summed E-state index contributed by atoms with van der Waals surface area (Å²) in [5.74, 6) is 0. The summed E-state index contributed by atoms with van der Waals surface area (Å²) in [4.78, 5) is 35.1. The van der Waals surface area contributed by atoms with Gasteiger partial charge in [-0.15, -0.1) is 0 Å². The first-order valence-corrected chi connectivity index (χ1v) is 9.03. The lowest BCUT2D eigenvalue weighted by molar-refractivity contribution is -0.261. The molecule has 1 aliphatic rings. The van der Waals surface area contributed by atoms with Crippen molar-refractivity contribution in [1.29, 1.82) is 0 Å². The minimum atomic E-state index is -5.25. The van der Waals surface area contributed by atoms with E-state index >= 15 is 0 Å². The summed E-state index contributed by atoms with van der Waals surface area (Å²) < 4.78 is 30.1. The molecular weight excluding hydrogens is 350 g/mol. The Labute approximate surface area is 124 Å². The first kappa shape index (κ1) is 20.1. The Morgan fingerprint density at radius 3 is 1.77 bits per heavy atom. The normalized spacial score (nSPS) is 40.7.